The van der Waals surface area contributed by atoms with E-state index in [1.54, 1.807) is 61.5 Å². The second kappa shape index (κ2) is 11.3. The smallest absolute Gasteiger partial charge is 0.328 e. The summed E-state index contributed by atoms with van der Waals surface area (Å²) in [6, 6.07) is 18.3. The second-order valence-corrected chi connectivity index (χ2v) is 8.61. The Kier molecular flexibility index (Phi) is 7.51. The predicted octanol–water partition coefficient (Wildman–Crippen LogP) is 4.25. The van der Waals surface area contributed by atoms with E-state index < -0.39 is 29.3 Å². The van der Waals surface area contributed by atoms with Crippen molar-refractivity contribution in [3.63, 3.8) is 0 Å². The minimum absolute atomic E-state index is 0.0662. The summed E-state index contributed by atoms with van der Waals surface area (Å²) in [5.74, 6) is -0.656. The fourth-order valence-electron chi connectivity index (χ4n) is 3.94. The van der Waals surface area contributed by atoms with Gasteiger partial charge >= 0.3 is 6.03 Å². The Hall–Kier alpha value is -5.10. The number of hydrogen-bond acceptors (Lipinski definition) is 9. The molecule has 2 heterocycles. The highest BCUT2D eigenvalue weighted by Crippen LogP contribution is 2.30. The van der Waals surface area contributed by atoms with Crippen LogP contribution in [0.1, 0.15) is 13.3 Å². The summed E-state index contributed by atoms with van der Waals surface area (Å²) in [5, 5.41) is 8.01. The van der Waals surface area contributed by atoms with Gasteiger partial charge in [-0.3, -0.25) is 20.2 Å². The molecule has 12 heteroatoms. The highest BCUT2D eigenvalue weighted by Gasteiger charge is 2.52. The first-order chi connectivity index (χ1) is 19.4. The molecular formula is C28H23FN4O7. The predicted molar refractivity (Wildman–Crippen MR) is 138 cm³/mol. The van der Waals surface area contributed by atoms with E-state index in [2.05, 4.69) is 20.8 Å². The van der Waals surface area contributed by atoms with Gasteiger partial charge in [0.1, 0.15) is 23.1 Å². The fourth-order valence-corrected chi connectivity index (χ4v) is 3.94. The summed E-state index contributed by atoms with van der Waals surface area (Å²) >= 11 is 0. The van der Waals surface area contributed by atoms with Crippen molar-refractivity contribution in [3.8, 4) is 40.1 Å². The van der Waals surface area contributed by atoms with Crippen molar-refractivity contribution in [3.05, 3.63) is 78.6 Å². The molecule has 0 saturated carbocycles. The molecule has 1 aliphatic rings. The molecule has 3 aromatic carbocycles. The second-order valence-electron chi connectivity index (χ2n) is 8.61. The van der Waals surface area contributed by atoms with Crippen molar-refractivity contribution in [2.24, 2.45) is 0 Å². The highest BCUT2D eigenvalue weighted by molar-refractivity contribution is 6.21. The number of rotatable bonds is 10. The number of urea groups is 1. The minimum Gasteiger partial charge on any atom is -0.467 e. The molecule has 204 valence electrons. The maximum Gasteiger partial charge on any atom is 0.328 e. The molecule has 0 spiro atoms. The Morgan fingerprint density at radius 3 is 2.15 bits per heavy atom. The number of aromatic nitrogens is 2. The summed E-state index contributed by atoms with van der Waals surface area (Å²) < 4.78 is 36.3. The summed E-state index contributed by atoms with van der Waals surface area (Å²) in [6.45, 7) is 2.23. The average Bonchev–Trinajstić information content (AvgIpc) is 3.43. The summed E-state index contributed by atoms with van der Waals surface area (Å²) in [7, 11) is 0. The number of carbonyl (C=O) groups excluding carboxylic acids is 3. The monoisotopic (exact) mass is 546 g/mol. The molecule has 11 nitrogen and oxygen atoms in total. The molecule has 40 heavy (non-hydrogen) atoms. The van der Waals surface area contributed by atoms with Crippen LogP contribution in [0.4, 0.5) is 9.18 Å². The lowest BCUT2D eigenvalue weighted by Crippen LogP contribution is -2.69. The van der Waals surface area contributed by atoms with Gasteiger partial charge in [-0.2, -0.15) is 4.98 Å². The Bertz CT molecular complexity index is 1520. The van der Waals surface area contributed by atoms with Crippen LogP contribution in [0.25, 0.3) is 22.8 Å². The fraction of sp³-hybridized carbons (Fsp3) is 0.179. The van der Waals surface area contributed by atoms with Crippen LogP contribution in [0.5, 0.6) is 17.2 Å². The average molecular weight is 547 g/mol. The van der Waals surface area contributed by atoms with Crippen LogP contribution < -0.4 is 20.1 Å². The van der Waals surface area contributed by atoms with Crippen molar-refractivity contribution in [1.82, 2.24) is 20.8 Å². The number of carbonyl (C=O) groups is 3. The van der Waals surface area contributed by atoms with Gasteiger partial charge in [-0.05, 0) is 67.6 Å². The summed E-state index contributed by atoms with van der Waals surface area (Å²) in [5.41, 5.74) is -1.11. The van der Waals surface area contributed by atoms with E-state index in [1.807, 2.05) is 0 Å². The Morgan fingerprint density at radius 1 is 0.875 bits per heavy atom. The lowest BCUT2D eigenvalue weighted by atomic mass is 9.95. The molecule has 1 aliphatic heterocycles. The highest BCUT2D eigenvalue weighted by atomic mass is 19.1. The zero-order chi connectivity index (χ0) is 28.1. The molecule has 1 aromatic heterocycles. The van der Waals surface area contributed by atoms with E-state index in [0.29, 0.717) is 23.7 Å². The van der Waals surface area contributed by atoms with Crippen molar-refractivity contribution >= 4 is 17.8 Å². The van der Waals surface area contributed by atoms with Gasteiger partial charge in [0.15, 0.2) is 0 Å². The van der Waals surface area contributed by atoms with E-state index in [1.165, 1.54) is 18.2 Å². The van der Waals surface area contributed by atoms with Gasteiger partial charge in [-0.25, -0.2) is 9.18 Å². The maximum absolute atomic E-state index is 14.0. The first-order valence-corrected chi connectivity index (χ1v) is 12.3. The molecule has 1 fully saturated rings. The molecule has 0 atom stereocenters. The van der Waals surface area contributed by atoms with Crippen molar-refractivity contribution in [1.29, 1.82) is 0 Å². The topological polar surface area (TPSA) is 142 Å². The van der Waals surface area contributed by atoms with Gasteiger partial charge in [0, 0.05) is 18.6 Å². The number of benzene rings is 3. The number of halogens is 1. The van der Waals surface area contributed by atoms with Gasteiger partial charge in [0.2, 0.25) is 5.82 Å². The SMILES string of the molecule is CCOCCC1(Oc2ccc(Oc3ccc(-c4nc(-c5ccccc5F)no4)cc3)cc2)C(=O)NC(=O)NC1=O. The van der Waals surface area contributed by atoms with Gasteiger partial charge in [-0.15, -0.1) is 0 Å². The molecular weight excluding hydrogens is 523 g/mol. The van der Waals surface area contributed by atoms with Gasteiger partial charge in [0.05, 0.1) is 12.2 Å². The van der Waals surface area contributed by atoms with Crippen LogP contribution in [0.15, 0.2) is 77.3 Å². The number of nitrogens with one attached hydrogen (secondary N) is 2. The number of nitrogens with zero attached hydrogens (tertiary/aromatic N) is 2. The van der Waals surface area contributed by atoms with Crippen LogP contribution in [-0.4, -0.2) is 46.8 Å². The third-order valence-electron chi connectivity index (χ3n) is 5.98. The third kappa shape index (κ3) is 5.52. The molecule has 0 unspecified atom stereocenters. The van der Waals surface area contributed by atoms with Crippen molar-refractivity contribution in [2.75, 3.05) is 13.2 Å². The lowest BCUT2D eigenvalue weighted by molar-refractivity contribution is -0.153. The Morgan fingerprint density at radius 2 is 1.50 bits per heavy atom. The van der Waals surface area contributed by atoms with Crippen LogP contribution in [-0.2, 0) is 14.3 Å². The van der Waals surface area contributed by atoms with Crippen LogP contribution in [0.2, 0.25) is 0 Å². The molecule has 5 rings (SSSR count). The Labute approximate surface area is 227 Å². The molecule has 4 amide bonds. The molecule has 1 saturated heterocycles. The van der Waals surface area contributed by atoms with Crippen LogP contribution in [0.3, 0.4) is 0 Å². The lowest BCUT2D eigenvalue weighted by Gasteiger charge is -2.34. The summed E-state index contributed by atoms with van der Waals surface area (Å²) in [6.07, 6.45) is -0.0990. The van der Waals surface area contributed by atoms with E-state index in [4.69, 9.17) is 18.7 Å². The van der Waals surface area contributed by atoms with Gasteiger partial charge in [0.25, 0.3) is 23.3 Å². The number of imide groups is 2. The van der Waals surface area contributed by atoms with Gasteiger partial charge < -0.3 is 18.7 Å². The van der Waals surface area contributed by atoms with E-state index in [-0.39, 0.29) is 36.1 Å². The number of amides is 4. The standard InChI is InChI=1S/C28H23FN4O7/c1-2-37-16-15-28(25(34)31-27(36)32-26(28)35)39-20-13-11-19(12-14-20)38-18-9-7-17(8-10-18)24-30-23(33-40-24)21-5-3-4-6-22(21)29/h3-14H,2,15-16H2,1H3,(H2,31,32,34,35,36). The zero-order valence-electron chi connectivity index (χ0n) is 21.2. The zero-order valence-corrected chi connectivity index (χ0v) is 21.2. The Balaban J connectivity index is 1.26. The maximum atomic E-state index is 14.0. The largest absolute Gasteiger partial charge is 0.467 e. The third-order valence-corrected chi connectivity index (χ3v) is 5.98. The molecule has 0 radical (unpaired) electrons. The molecule has 0 bridgehead atoms. The number of ether oxygens (including phenoxy) is 3. The van der Waals surface area contributed by atoms with Crippen molar-refractivity contribution in [2.45, 2.75) is 18.9 Å². The van der Waals surface area contributed by atoms with E-state index >= 15 is 0 Å². The van der Waals surface area contributed by atoms with E-state index in [9.17, 15) is 18.8 Å². The normalized spacial score (nSPS) is 14.4. The summed E-state index contributed by atoms with van der Waals surface area (Å²) in [4.78, 5) is 41.1. The van der Waals surface area contributed by atoms with Crippen LogP contribution in [0, 0.1) is 5.82 Å². The molecule has 0 aliphatic carbocycles. The molecule has 2 N–H and O–H groups in total. The van der Waals surface area contributed by atoms with Crippen LogP contribution >= 0.6 is 0 Å². The van der Waals surface area contributed by atoms with E-state index in [0.717, 1.165) is 0 Å². The number of hydrogen-bond donors (Lipinski definition) is 2. The van der Waals surface area contributed by atoms with Gasteiger partial charge in [-0.1, -0.05) is 17.3 Å². The molecule has 4 aromatic rings. The first kappa shape index (κ1) is 26.5. The minimum atomic E-state index is -1.97. The number of barbiturate groups is 1. The van der Waals surface area contributed by atoms with Crippen molar-refractivity contribution < 1.29 is 37.5 Å². The first-order valence-electron chi connectivity index (χ1n) is 12.3. The quantitative estimate of drug-likeness (QED) is 0.221.